The molecule has 0 aromatic heterocycles. The smallest absolute Gasteiger partial charge is 0.277 e. The number of benzene rings is 2. The van der Waals surface area contributed by atoms with Crippen molar-refractivity contribution in [3.63, 3.8) is 0 Å². The van der Waals surface area contributed by atoms with E-state index in [9.17, 15) is 30.1 Å². The van der Waals surface area contributed by atoms with E-state index in [1.54, 1.807) is 18.2 Å². The molecule has 2 aromatic rings. The zero-order valence-corrected chi connectivity index (χ0v) is 15.7. The van der Waals surface area contributed by atoms with Crippen LogP contribution in [0.2, 0.25) is 0 Å². The number of nitrogens with one attached hydrogen (secondary N) is 1. The number of phenolic OH excluding ortho intramolecular Hbond substituents is 1. The van der Waals surface area contributed by atoms with Crippen molar-refractivity contribution < 1.29 is 19.7 Å². The molecule has 1 amide bonds. The lowest BCUT2D eigenvalue weighted by molar-refractivity contribution is -0.394. The van der Waals surface area contributed by atoms with E-state index in [-0.39, 0.29) is 11.3 Å². The highest BCUT2D eigenvalue weighted by Crippen LogP contribution is 2.24. The summed E-state index contributed by atoms with van der Waals surface area (Å²) in [4.78, 5) is 34.3. The van der Waals surface area contributed by atoms with E-state index >= 15 is 0 Å². The van der Waals surface area contributed by atoms with E-state index in [0.29, 0.717) is 5.56 Å². The van der Waals surface area contributed by atoms with Gasteiger partial charge in [0.05, 0.1) is 27.7 Å². The molecule has 2 rings (SSSR count). The number of non-ortho nitro benzene ring substituents is 2. The van der Waals surface area contributed by atoms with Crippen molar-refractivity contribution >= 4 is 29.2 Å². The lowest BCUT2D eigenvalue weighted by Gasteiger charge is -2.21. The number of aromatic hydroxyl groups is 1. The number of anilines is 1. The molecule has 0 radical (unpaired) electrons. The van der Waals surface area contributed by atoms with Crippen molar-refractivity contribution in [3.05, 3.63) is 67.8 Å². The fourth-order valence-corrected chi connectivity index (χ4v) is 2.59. The third-order valence-electron chi connectivity index (χ3n) is 4.10. The first-order valence-electron chi connectivity index (χ1n) is 8.62. The van der Waals surface area contributed by atoms with Crippen molar-refractivity contribution in [2.24, 2.45) is 5.10 Å². The first-order valence-corrected chi connectivity index (χ1v) is 8.62. The number of carbonyl (C=O) groups is 1. The molecule has 11 heteroatoms. The van der Waals surface area contributed by atoms with Gasteiger partial charge in [-0.3, -0.25) is 25.0 Å². The molecule has 152 valence electrons. The van der Waals surface area contributed by atoms with Gasteiger partial charge >= 0.3 is 0 Å². The van der Waals surface area contributed by atoms with Gasteiger partial charge in [-0.25, -0.2) is 5.43 Å². The topological polar surface area (TPSA) is 151 Å². The van der Waals surface area contributed by atoms with E-state index in [1.807, 2.05) is 18.7 Å². The summed E-state index contributed by atoms with van der Waals surface area (Å²) in [6.07, 6.45) is 1.20. The summed E-state index contributed by atoms with van der Waals surface area (Å²) < 4.78 is 0. The Morgan fingerprint density at radius 1 is 1.10 bits per heavy atom. The number of hydrogen-bond acceptors (Lipinski definition) is 8. The van der Waals surface area contributed by atoms with Gasteiger partial charge in [-0.05, 0) is 26.0 Å². The molecule has 0 heterocycles. The molecule has 0 saturated heterocycles. The Kier molecular flexibility index (Phi) is 6.80. The predicted octanol–water partition coefficient (Wildman–Crippen LogP) is 2.82. The molecule has 0 aliphatic heterocycles. The van der Waals surface area contributed by atoms with E-state index in [0.717, 1.165) is 37.0 Å². The van der Waals surface area contributed by atoms with E-state index < -0.39 is 27.1 Å². The van der Waals surface area contributed by atoms with Crippen LogP contribution in [0.3, 0.4) is 0 Å². The lowest BCUT2D eigenvalue weighted by Crippen LogP contribution is -2.21. The second-order valence-electron chi connectivity index (χ2n) is 5.87. The number of amides is 1. The van der Waals surface area contributed by atoms with Gasteiger partial charge in [0.2, 0.25) is 0 Å². The standard InChI is InChI=1S/C18H19N5O6/c1-3-21(4-2)14-6-5-12(17(24)10-14)11-19-20-18(25)13-7-15(22(26)27)9-16(8-13)23(28)29/h5-11,24H,3-4H2,1-2H3,(H,20,25)/b19-11+. The van der Waals surface area contributed by atoms with Crippen LogP contribution in [0.5, 0.6) is 5.75 Å². The number of nitro benzene ring substituents is 2. The molecule has 0 bridgehead atoms. The Balaban J connectivity index is 2.17. The first kappa shape index (κ1) is 21.3. The summed E-state index contributed by atoms with van der Waals surface area (Å²) in [6, 6.07) is 7.56. The summed E-state index contributed by atoms with van der Waals surface area (Å²) >= 11 is 0. The summed E-state index contributed by atoms with van der Waals surface area (Å²) in [5.74, 6) is -0.911. The minimum atomic E-state index is -0.868. The summed E-state index contributed by atoms with van der Waals surface area (Å²) in [5, 5.41) is 35.6. The van der Waals surface area contributed by atoms with Crippen LogP contribution in [0.25, 0.3) is 0 Å². The Morgan fingerprint density at radius 2 is 1.69 bits per heavy atom. The molecule has 11 nitrogen and oxygen atoms in total. The molecule has 0 unspecified atom stereocenters. The van der Waals surface area contributed by atoms with Crippen molar-refractivity contribution in [1.82, 2.24) is 5.43 Å². The Bertz CT molecular complexity index is 939. The monoisotopic (exact) mass is 401 g/mol. The molecule has 0 saturated carbocycles. The maximum atomic E-state index is 12.2. The molecule has 0 atom stereocenters. The van der Waals surface area contributed by atoms with Gasteiger partial charge in [0.15, 0.2) is 0 Å². The van der Waals surface area contributed by atoms with Gasteiger partial charge in [0, 0.05) is 42.5 Å². The van der Waals surface area contributed by atoms with E-state index in [4.69, 9.17) is 0 Å². The van der Waals surface area contributed by atoms with E-state index in [1.165, 1.54) is 6.21 Å². The molecule has 0 aliphatic rings. The van der Waals surface area contributed by atoms with Gasteiger partial charge in [-0.1, -0.05) is 0 Å². The third kappa shape index (κ3) is 5.25. The fourth-order valence-electron chi connectivity index (χ4n) is 2.59. The second kappa shape index (κ2) is 9.26. The van der Waals surface area contributed by atoms with Gasteiger partial charge in [0.1, 0.15) is 5.75 Å². The average molecular weight is 401 g/mol. The maximum Gasteiger partial charge on any atom is 0.277 e. The minimum absolute atomic E-state index is 0.0432. The highest BCUT2D eigenvalue weighted by molar-refractivity contribution is 5.96. The fraction of sp³-hybridized carbons (Fsp3) is 0.222. The molecule has 2 N–H and O–H groups in total. The average Bonchev–Trinajstić information content (AvgIpc) is 2.69. The molecular formula is C18H19N5O6. The largest absolute Gasteiger partial charge is 0.507 e. The number of hydrogen-bond donors (Lipinski definition) is 2. The number of phenols is 1. The minimum Gasteiger partial charge on any atom is -0.507 e. The predicted molar refractivity (Wildman–Crippen MR) is 106 cm³/mol. The van der Waals surface area contributed by atoms with Crippen LogP contribution < -0.4 is 10.3 Å². The molecular weight excluding hydrogens is 382 g/mol. The third-order valence-corrected chi connectivity index (χ3v) is 4.10. The first-order chi connectivity index (χ1) is 13.8. The number of rotatable bonds is 8. The second-order valence-corrected chi connectivity index (χ2v) is 5.87. The van der Waals surface area contributed by atoms with Crippen LogP contribution in [0.4, 0.5) is 17.1 Å². The van der Waals surface area contributed by atoms with Crippen molar-refractivity contribution in [3.8, 4) is 5.75 Å². The van der Waals surface area contributed by atoms with Gasteiger partial charge in [-0.2, -0.15) is 5.10 Å². The van der Waals surface area contributed by atoms with Crippen molar-refractivity contribution in [1.29, 1.82) is 0 Å². The summed E-state index contributed by atoms with van der Waals surface area (Å²) in [6.45, 7) is 5.52. The van der Waals surface area contributed by atoms with E-state index in [2.05, 4.69) is 10.5 Å². The van der Waals surface area contributed by atoms with Crippen LogP contribution in [0.15, 0.2) is 41.5 Å². The highest BCUT2D eigenvalue weighted by Gasteiger charge is 2.19. The quantitative estimate of drug-likeness (QED) is 0.392. The molecule has 2 aromatic carbocycles. The van der Waals surface area contributed by atoms with Crippen LogP contribution in [0.1, 0.15) is 29.8 Å². The number of nitrogens with zero attached hydrogens (tertiary/aromatic N) is 4. The van der Waals surface area contributed by atoms with Crippen LogP contribution in [-0.4, -0.2) is 40.2 Å². The van der Waals surface area contributed by atoms with Gasteiger partial charge < -0.3 is 10.0 Å². The Morgan fingerprint density at radius 3 is 2.17 bits per heavy atom. The normalized spacial score (nSPS) is 10.7. The zero-order valence-electron chi connectivity index (χ0n) is 15.7. The van der Waals surface area contributed by atoms with Crippen molar-refractivity contribution in [2.45, 2.75) is 13.8 Å². The number of carbonyl (C=O) groups excluding carboxylic acids is 1. The Labute approximate surface area is 165 Å². The highest BCUT2D eigenvalue weighted by atomic mass is 16.6. The number of nitro groups is 2. The van der Waals surface area contributed by atoms with Gasteiger partial charge in [0.25, 0.3) is 17.3 Å². The summed E-state index contributed by atoms with van der Waals surface area (Å²) in [7, 11) is 0. The van der Waals surface area contributed by atoms with Crippen LogP contribution >= 0.6 is 0 Å². The molecule has 0 aliphatic carbocycles. The summed E-state index contributed by atoms with van der Waals surface area (Å²) in [5.41, 5.74) is 1.84. The zero-order chi connectivity index (χ0) is 21.6. The lowest BCUT2D eigenvalue weighted by atomic mass is 10.1. The van der Waals surface area contributed by atoms with Crippen molar-refractivity contribution in [2.75, 3.05) is 18.0 Å². The van der Waals surface area contributed by atoms with Crippen LogP contribution in [0, 0.1) is 20.2 Å². The Hall–Kier alpha value is -4.02. The maximum absolute atomic E-state index is 12.2. The molecule has 0 fully saturated rings. The number of hydrazone groups is 1. The van der Waals surface area contributed by atoms with Gasteiger partial charge in [-0.15, -0.1) is 0 Å². The SMILES string of the molecule is CCN(CC)c1ccc(/C=N/NC(=O)c2cc([N+](=O)[O-])cc([N+](=O)[O-])c2)c(O)c1. The molecule has 29 heavy (non-hydrogen) atoms. The van der Waals surface area contributed by atoms with Crippen LogP contribution in [-0.2, 0) is 0 Å². The molecule has 0 spiro atoms.